The first-order chi connectivity index (χ1) is 8.44. The van der Waals surface area contributed by atoms with E-state index in [0.29, 0.717) is 0 Å². The van der Waals surface area contributed by atoms with Crippen molar-refractivity contribution in [3.05, 3.63) is 18.0 Å². The van der Waals surface area contributed by atoms with Gasteiger partial charge in [-0.1, -0.05) is 6.92 Å². The van der Waals surface area contributed by atoms with E-state index in [1.807, 2.05) is 31.1 Å². The molecule has 2 rings (SSSR count). The first-order valence-corrected chi connectivity index (χ1v) is 6.23. The summed E-state index contributed by atoms with van der Waals surface area (Å²) < 4.78 is 0. The molecule has 98 valence electrons. The Hall–Kier alpha value is -1.62. The van der Waals surface area contributed by atoms with Gasteiger partial charge in [0.2, 0.25) is 0 Å². The molecule has 5 heteroatoms. The van der Waals surface area contributed by atoms with Gasteiger partial charge in [0.25, 0.3) is 0 Å². The number of nitrogens with one attached hydrogen (secondary N) is 2. The standard InChI is InChI=1S/C13H21N5/c1-6-14-13(2,3)12-15-9-7-8-10(18(4)5)16-11(9)17-12/h7-8,14H,6H2,1-5H3,(H,15,16,17). The maximum absolute atomic E-state index is 4.59. The van der Waals surface area contributed by atoms with Gasteiger partial charge < -0.3 is 15.2 Å². The monoisotopic (exact) mass is 247 g/mol. The molecule has 0 amide bonds. The fraction of sp³-hybridized carbons (Fsp3) is 0.538. The highest BCUT2D eigenvalue weighted by Gasteiger charge is 2.23. The number of hydrogen-bond donors (Lipinski definition) is 2. The Morgan fingerprint density at radius 1 is 1.28 bits per heavy atom. The summed E-state index contributed by atoms with van der Waals surface area (Å²) in [5, 5.41) is 3.40. The quantitative estimate of drug-likeness (QED) is 0.866. The molecule has 0 saturated heterocycles. The maximum atomic E-state index is 4.59. The van der Waals surface area contributed by atoms with E-state index in [1.54, 1.807) is 0 Å². The molecule has 0 bridgehead atoms. The zero-order chi connectivity index (χ0) is 13.3. The van der Waals surface area contributed by atoms with E-state index in [2.05, 4.69) is 41.0 Å². The molecule has 2 N–H and O–H groups in total. The van der Waals surface area contributed by atoms with Gasteiger partial charge in [-0.25, -0.2) is 9.97 Å². The molecule has 0 aliphatic heterocycles. The van der Waals surface area contributed by atoms with Gasteiger partial charge in [0.1, 0.15) is 11.6 Å². The normalized spacial score (nSPS) is 12.1. The zero-order valence-electron chi connectivity index (χ0n) is 11.7. The summed E-state index contributed by atoms with van der Waals surface area (Å²) in [7, 11) is 3.95. The lowest BCUT2D eigenvalue weighted by Gasteiger charge is -2.22. The lowest BCUT2D eigenvalue weighted by Crippen LogP contribution is -2.37. The number of anilines is 1. The van der Waals surface area contributed by atoms with Gasteiger partial charge in [-0.05, 0) is 32.5 Å². The molecular formula is C13H21N5. The van der Waals surface area contributed by atoms with Crippen LogP contribution in [0.4, 0.5) is 5.82 Å². The molecule has 0 atom stereocenters. The van der Waals surface area contributed by atoms with Gasteiger partial charge in [0.15, 0.2) is 5.65 Å². The topological polar surface area (TPSA) is 56.8 Å². The van der Waals surface area contributed by atoms with Crippen molar-refractivity contribution in [2.24, 2.45) is 0 Å². The Morgan fingerprint density at radius 2 is 2.00 bits per heavy atom. The van der Waals surface area contributed by atoms with Gasteiger partial charge in [-0.15, -0.1) is 0 Å². The third-order valence-corrected chi connectivity index (χ3v) is 3.00. The van der Waals surface area contributed by atoms with Gasteiger partial charge >= 0.3 is 0 Å². The zero-order valence-corrected chi connectivity index (χ0v) is 11.7. The number of nitrogens with zero attached hydrogens (tertiary/aromatic N) is 3. The first kappa shape index (κ1) is 12.8. The van der Waals surface area contributed by atoms with Gasteiger partial charge in [-0.3, -0.25) is 0 Å². The van der Waals surface area contributed by atoms with Crippen molar-refractivity contribution in [1.82, 2.24) is 20.3 Å². The number of H-pyrrole nitrogens is 1. The largest absolute Gasteiger partial charge is 0.363 e. The van der Waals surface area contributed by atoms with Crippen LogP contribution in [-0.2, 0) is 5.54 Å². The van der Waals surface area contributed by atoms with Crippen LogP contribution >= 0.6 is 0 Å². The number of aromatic amines is 1. The summed E-state index contributed by atoms with van der Waals surface area (Å²) in [5.41, 5.74) is 1.57. The van der Waals surface area contributed by atoms with E-state index >= 15 is 0 Å². The summed E-state index contributed by atoms with van der Waals surface area (Å²) >= 11 is 0. The lowest BCUT2D eigenvalue weighted by molar-refractivity contribution is 0.395. The summed E-state index contributed by atoms with van der Waals surface area (Å²) in [6, 6.07) is 4.01. The molecule has 0 aliphatic carbocycles. The van der Waals surface area contributed by atoms with Crippen LogP contribution in [0.2, 0.25) is 0 Å². The Kier molecular flexibility index (Phi) is 3.26. The Balaban J connectivity index is 2.44. The van der Waals surface area contributed by atoms with E-state index in [4.69, 9.17) is 0 Å². The van der Waals surface area contributed by atoms with E-state index in [-0.39, 0.29) is 5.54 Å². The van der Waals surface area contributed by atoms with Crippen molar-refractivity contribution in [3.63, 3.8) is 0 Å². The van der Waals surface area contributed by atoms with Crippen molar-refractivity contribution in [2.45, 2.75) is 26.3 Å². The Labute approximate surface area is 108 Å². The SMILES string of the molecule is CCNC(C)(C)c1nc2nc(N(C)C)ccc2[nH]1. The van der Waals surface area contributed by atoms with E-state index < -0.39 is 0 Å². The van der Waals surface area contributed by atoms with Crippen LogP contribution in [0.1, 0.15) is 26.6 Å². The van der Waals surface area contributed by atoms with Gasteiger partial charge in [0, 0.05) is 14.1 Å². The smallest absolute Gasteiger partial charge is 0.179 e. The van der Waals surface area contributed by atoms with Gasteiger partial charge in [0.05, 0.1) is 11.1 Å². The highest BCUT2D eigenvalue weighted by molar-refractivity contribution is 5.73. The molecule has 0 fully saturated rings. The highest BCUT2D eigenvalue weighted by Crippen LogP contribution is 2.21. The van der Waals surface area contributed by atoms with Crippen molar-refractivity contribution in [3.8, 4) is 0 Å². The molecule has 0 spiro atoms. The minimum atomic E-state index is -0.173. The number of pyridine rings is 1. The van der Waals surface area contributed by atoms with Crippen molar-refractivity contribution < 1.29 is 0 Å². The summed E-state index contributed by atoms with van der Waals surface area (Å²) in [5.74, 6) is 1.84. The number of imidazole rings is 1. The molecule has 5 nitrogen and oxygen atoms in total. The number of rotatable bonds is 4. The fourth-order valence-electron chi connectivity index (χ4n) is 1.95. The molecule has 0 aliphatic rings. The third-order valence-electron chi connectivity index (χ3n) is 3.00. The van der Waals surface area contributed by atoms with Crippen molar-refractivity contribution >= 4 is 17.0 Å². The molecular weight excluding hydrogens is 226 g/mol. The van der Waals surface area contributed by atoms with E-state index in [1.165, 1.54) is 0 Å². The predicted molar refractivity (Wildman–Crippen MR) is 74.9 cm³/mol. The number of hydrogen-bond acceptors (Lipinski definition) is 4. The Bertz CT molecular complexity index is 541. The van der Waals surface area contributed by atoms with Crippen molar-refractivity contribution in [2.75, 3.05) is 25.5 Å². The fourth-order valence-corrected chi connectivity index (χ4v) is 1.95. The second kappa shape index (κ2) is 4.57. The predicted octanol–water partition coefficient (Wildman–Crippen LogP) is 1.87. The highest BCUT2D eigenvalue weighted by atomic mass is 15.2. The van der Waals surface area contributed by atoms with Crippen LogP contribution in [0, 0.1) is 0 Å². The minimum Gasteiger partial charge on any atom is -0.363 e. The number of fused-ring (bicyclic) bond motifs is 1. The summed E-state index contributed by atoms with van der Waals surface area (Å²) in [4.78, 5) is 14.4. The van der Waals surface area contributed by atoms with Crippen LogP contribution in [0.25, 0.3) is 11.2 Å². The average Bonchev–Trinajstić information content (AvgIpc) is 2.71. The second-order valence-corrected chi connectivity index (χ2v) is 5.18. The first-order valence-electron chi connectivity index (χ1n) is 6.23. The Morgan fingerprint density at radius 3 is 2.61 bits per heavy atom. The molecule has 18 heavy (non-hydrogen) atoms. The average molecular weight is 247 g/mol. The minimum absolute atomic E-state index is 0.173. The van der Waals surface area contributed by atoms with Crippen molar-refractivity contribution in [1.29, 1.82) is 0 Å². The summed E-state index contributed by atoms with van der Waals surface area (Å²) in [6.07, 6.45) is 0. The van der Waals surface area contributed by atoms with Crippen LogP contribution in [0.5, 0.6) is 0 Å². The molecule has 0 unspecified atom stereocenters. The summed E-state index contributed by atoms with van der Waals surface area (Å²) in [6.45, 7) is 7.22. The lowest BCUT2D eigenvalue weighted by atomic mass is 10.1. The van der Waals surface area contributed by atoms with Crippen LogP contribution in [0.3, 0.4) is 0 Å². The molecule has 0 saturated carbocycles. The number of aromatic nitrogens is 3. The maximum Gasteiger partial charge on any atom is 0.179 e. The molecule has 0 radical (unpaired) electrons. The van der Waals surface area contributed by atoms with Crippen LogP contribution in [0.15, 0.2) is 12.1 Å². The molecule has 0 aromatic carbocycles. The van der Waals surface area contributed by atoms with Crippen LogP contribution in [-0.4, -0.2) is 35.6 Å². The third kappa shape index (κ3) is 2.31. The van der Waals surface area contributed by atoms with E-state index in [9.17, 15) is 0 Å². The molecule has 2 aromatic rings. The molecule has 2 heterocycles. The second-order valence-electron chi connectivity index (χ2n) is 5.18. The molecule has 2 aromatic heterocycles. The van der Waals surface area contributed by atoms with Gasteiger partial charge in [-0.2, -0.15) is 0 Å². The van der Waals surface area contributed by atoms with E-state index in [0.717, 1.165) is 29.4 Å². The van der Waals surface area contributed by atoms with Crippen LogP contribution < -0.4 is 10.2 Å².